The first-order valence-electron chi connectivity index (χ1n) is 5.85. The summed E-state index contributed by atoms with van der Waals surface area (Å²) in [5.41, 5.74) is 5.25. The first-order chi connectivity index (χ1) is 8.77. The third-order valence-electron chi connectivity index (χ3n) is 2.91. The molecule has 0 aliphatic carbocycles. The molecule has 0 aliphatic rings. The van der Waals surface area contributed by atoms with Gasteiger partial charge in [0.25, 0.3) is 0 Å². The van der Waals surface area contributed by atoms with Crippen LogP contribution in [0.15, 0.2) is 33.6 Å². The van der Waals surface area contributed by atoms with E-state index in [0.29, 0.717) is 10.9 Å². The predicted molar refractivity (Wildman–Crippen MR) is 76.9 cm³/mol. The molecule has 2 atom stereocenters. The fraction of sp³-hybridized carbons (Fsp3) is 0.417. The molecule has 5 nitrogen and oxygen atoms in total. The van der Waals surface area contributed by atoms with Crippen molar-refractivity contribution in [2.75, 3.05) is 0 Å². The fourth-order valence-corrected chi connectivity index (χ4v) is 3.47. The number of nitrogens with two attached hydrogens (primary N) is 1. The second-order valence-corrected chi connectivity index (χ2v) is 6.97. The van der Waals surface area contributed by atoms with E-state index in [1.54, 1.807) is 19.1 Å². The van der Waals surface area contributed by atoms with E-state index in [1.165, 1.54) is 12.1 Å². The molecule has 0 saturated heterocycles. The average molecular weight is 349 g/mol. The second kappa shape index (κ2) is 6.49. The quantitative estimate of drug-likeness (QED) is 0.818. The van der Waals surface area contributed by atoms with Crippen LogP contribution in [0.4, 0.5) is 0 Å². The number of amides is 1. The molecule has 0 heterocycles. The van der Waals surface area contributed by atoms with Gasteiger partial charge in [-0.3, -0.25) is 4.79 Å². The molecule has 0 spiro atoms. The molecule has 106 valence electrons. The van der Waals surface area contributed by atoms with E-state index in [1.807, 2.05) is 6.92 Å². The number of benzene rings is 1. The Labute approximate surface area is 121 Å². The van der Waals surface area contributed by atoms with Crippen molar-refractivity contribution in [3.63, 3.8) is 0 Å². The molecule has 0 bridgehead atoms. The van der Waals surface area contributed by atoms with Gasteiger partial charge in [-0.1, -0.05) is 42.3 Å². The number of rotatable bonds is 6. The lowest BCUT2D eigenvalue weighted by atomic mass is 10.00. The molecule has 3 N–H and O–H groups in total. The van der Waals surface area contributed by atoms with Crippen molar-refractivity contribution in [3.8, 4) is 0 Å². The van der Waals surface area contributed by atoms with Gasteiger partial charge in [-0.15, -0.1) is 0 Å². The van der Waals surface area contributed by atoms with Crippen LogP contribution in [0.1, 0.15) is 20.3 Å². The number of hydrogen-bond acceptors (Lipinski definition) is 3. The SMILES string of the molecule is CCC(C)C(NS(=O)(=O)c1cccc(Br)c1)C(N)=O. The summed E-state index contributed by atoms with van der Waals surface area (Å²) in [7, 11) is -3.76. The van der Waals surface area contributed by atoms with E-state index in [-0.39, 0.29) is 10.8 Å². The van der Waals surface area contributed by atoms with Crippen molar-refractivity contribution < 1.29 is 13.2 Å². The van der Waals surface area contributed by atoms with Gasteiger partial charge in [-0.2, -0.15) is 4.72 Å². The van der Waals surface area contributed by atoms with Crippen molar-refractivity contribution in [2.24, 2.45) is 11.7 Å². The Morgan fingerprint density at radius 2 is 2.11 bits per heavy atom. The number of halogens is 1. The summed E-state index contributed by atoms with van der Waals surface area (Å²) in [6.07, 6.45) is 0.647. The van der Waals surface area contributed by atoms with Gasteiger partial charge in [-0.25, -0.2) is 8.42 Å². The maximum absolute atomic E-state index is 12.2. The molecular formula is C12H17BrN2O3S. The van der Waals surface area contributed by atoms with Crippen LogP contribution in [0, 0.1) is 5.92 Å². The Hall–Kier alpha value is -0.920. The molecule has 0 saturated carbocycles. The van der Waals surface area contributed by atoms with Crippen molar-refractivity contribution in [2.45, 2.75) is 31.2 Å². The van der Waals surface area contributed by atoms with Crippen LogP contribution in [0.2, 0.25) is 0 Å². The summed E-state index contributed by atoms with van der Waals surface area (Å²) >= 11 is 3.21. The first kappa shape index (κ1) is 16.1. The lowest BCUT2D eigenvalue weighted by Gasteiger charge is -2.21. The highest BCUT2D eigenvalue weighted by Crippen LogP contribution is 2.17. The minimum atomic E-state index is -3.76. The minimum Gasteiger partial charge on any atom is -0.368 e. The summed E-state index contributed by atoms with van der Waals surface area (Å²) in [6.45, 7) is 3.65. The maximum atomic E-state index is 12.2. The lowest BCUT2D eigenvalue weighted by molar-refractivity contribution is -0.120. The molecule has 2 unspecified atom stereocenters. The molecule has 1 aromatic rings. The maximum Gasteiger partial charge on any atom is 0.241 e. The highest BCUT2D eigenvalue weighted by Gasteiger charge is 2.27. The Kier molecular flexibility index (Phi) is 5.51. The molecule has 0 aliphatic heterocycles. The molecule has 0 fully saturated rings. The number of carbonyl (C=O) groups is 1. The number of primary amides is 1. The van der Waals surface area contributed by atoms with E-state index in [0.717, 1.165) is 0 Å². The van der Waals surface area contributed by atoms with E-state index in [9.17, 15) is 13.2 Å². The van der Waals surface area contributed by atoms with Crippen molar-refractivity contribution in [3.05, 3.63) is 28.7 Å². The number of sulfonamides is 1. The van der Waals surface area contributed by atoms with Gasteiger partial charge in [0.05, 0.1) is 4.90 Å². The van der Waals surface area contributed by atoms with Crippen LogP contribution >= 0.6 is 15.9 Å². The van der Waals surface area contributed by atoms with E-state index in [4.69, 9.17) is 5.73 Å². The normalized spacial score (nSPS) is 14.9. The molecule has 1 rings (SSSR count). The van der Waals surface area contributed by atoms with Crippen LogP contribution in [-0.4, -0.2) is 20.4 Å². The Bertz CT molecular complexity index is 560. The minimum absolute atomic E-state index is 0.0939. The van der Waals surface area contributed by atoms with Crippen LogP contribution in [0.5, 0.6) is 0 Å². The van der Waals surface area contributed by atoms with Crippen molar-refractivity contribution >= 4 is 31.9 Å². The highest BCUT2D eigenvalue weighted by molar-refractivity contribution is 9.10. The van der Waals surface area contributed by atoms with Crippen molar-refractivity contribution in [1.29, 1.82) is 0 Å². The predicted octanol–water partition coefficient (Wildman–Crippen LogP) is 1.63. The van der Waals surface area contributed by atoms with Crippen molar-refractivity contribution in [1.82, 2.24) is 4.72 Å². The zero-order chi connectivity index (χ0) is 14.6. The van der Waals surface area contributed by atoms with Gasteiger partial charge in [0.15, 0.2) is 0 Å². The largest absolute Gasteiger partial charge is 0.368 e. The second-order valence-electron chi connectivity index (χ2n) is 4.34. The molecule has 1 aromatic carbocycles. The third kappa shape index (κ3) is 4.29. The van der Waals surface area contributed by atoms with Crippen LogP contribution in [0.25, 0.3) is 0 Å². The summed E-state index contributed by atoms with van der Waals surface area (Å²) < 4.78 is 27.4. The smallest absolute Gasteiger partial charge is 0.241 e. The summed E-state index contributed by atoms with van der Waals surface area (Å²) in [5.74, 6) is -0.840. The van der Waals surface area contributed by atoms with Crippen LogP contribution in [-0.2, 0) is 14.8 Å². The summed E-state index contributed by atoms with van der Waals surface area (Å²) in [5, 5.41) is 0. The van der Waals surface area contributed by atoms with E-state index >= 15 is 0 Å². The van der Waals surface area contributed by atoms with Gasteiger partial charge in [0.2, 0.25) is 15.9 Å². The van der Waals surface area contributed by atoms with Gasteiger partial charge in [0, 0.05) is 4.47 Å². The Morgan fingerprint density at radius 3 is 2.58 bits per heavy atom. The summed E-state index contributed by atoms with van der Waals surface area (Å²) in [6, 6.07) is 5.35. The van der Waals surface area contributed by atoms with Crippen LogP contribution < -0.4 is 10.5 Å². The standard InChI is InChI=1S/C12H17BrN2O3S/c1-3-8(2)11(12(14)16)15-19(17,18)10-6-4-5-9(13)7-10/h4-8,11,15H,3H2,1-2H3,(H2,14,16). The fourth-order valence-electron chi connectivity index (χ4n) is 1.56. The molecule has 0 radical (unpaired) electrons. The molecule has 1 amide bonds. The first-order valence-corrected chi connectivity index (χ1v) is 8.12. The monoisotopic (exact) mass is 348 g/mol. The summed E-state index contributed by atoms with van der Waals surface area (Å²) in [4.78, 5) is 11.5. The number of nitrogens with one attached hydrogen (secondary N) is 1. The van der Waals surface area contributed by atoms with Gasteiger partial charge >= 0.3 is 0 Å². The van der Waals surface area contributed by atoms with Gasteiger partial charge in [0.1, 0.15) is 6.04 Å². The molecule has 0 aromatic heterocycles. The zero-order valence-corrected chi connectivity index (χ0v) is 13.2. The average Bonchev–Trinajstić information content (AvgIpc) is 2.35. The Balaban J connectivity index is 3.04. The van der Waals surface area contributed by atoms with E-state index < -0.39 is 22.0 Å². The van der Waals surface area contributed by atoms with Gasteiger partial charge in [-0.05, 0) is 24.1 Å². The van der Waals surface area contributed by atoms with Gasteiger partial charge < -0.3 is 5.73 Å². The zero-order valence-electron chi connectivity index (χ0n) is 10.8. The van der Waals surface area contributed by atoms with E-state index in [2.05, 4.69) is 20.7 Å². The molecular weight excluding hydrogens is 332 g/mol. The number of hydrogen-bond donors (Lipinski definition) is 2. The third-order valence-corrected chi connectivity index (χ3v) is 4.84. The number of carbonyl (C=O) groups excluding carboxylic acids is 1. The van der Waals surface area contributed by atoms with Crippen LogP contribution in [0.3, 0.4) is 0 Å². The Morgan fingerprint density at radius 1 is 1.47 bits per heavy atom. The molecule has 7 heteroatoms. The highest BCUT2D eigenvalue weighted by atomic mass is 79.9. The topological polar surface area (TPSA) is 89.3 Å². The molecule has 19 heavy (non-hydrogen) atoms. The lowest BCUT2D eigenvalue weighted by Crippen LogP contribution is -2.48.